The van der Waals surface area contributed by atoms with Crippen LogP contribution in [0.25, 0.3) is 0 Å². The van der Waals surface area contributed by atoms with Gasteiger partial charge >= 0.3 is 6.18 Å². The molecule has 1 saturated carbocycles. The Hall–Kier alpha value is -3.26. The number of furan rings is 1. The van der Waals surface area contributed by atoms with Gasteiger partial charge in [-0.05, 0) is 60.4 Å². The number of methoxy groups -OCH3 is 1. The molecule has 4 rings (SSSR count). The summed E-state index contributed by atoms with van der Waals surface area (Å²) in [4.78, 5) is 15.0. The molecule has 0 saturated heterocycles. The number of amides is 1. The molecule has 1 aliphatic rings. The van der Waals surface area contributed by atoms with Gasteiger partial charge in [-0.25, -0.2) is 0 Å². The van der Waals surface area contributed by atoms with E-state index in [1.807, 2.05) is 18.2 Å². The molecule has 0 spiro atoms. The maximum Gasteiger partial charge on any atom is 0.416 e. The number of carbonyl (C=O) groups is 1. The molecular formula is C28H31F3N2O3. The van der Waals surface area contributed by atoms with Crippen LogP contribution >= 0.6 is 0 Å². The minimum Gasteiger partial charge on any atom is -0.497 e. The van der Waals surface area contributed by atoms with Gasteiger partial charge in [-0.15, -0.1) is 0 Å². The summed E-state index contributed by atoms with van der Waals surface area (Å²) in [5.74, 6) is 1.17. The third-order valence-electron chi connectivity index (χ3n) is 6.56. The van der Waals surface area contributed by atoms with Crippen molar-refractivity contribution < 1.29 is 27.1 Å². The van der Waals surface area contributed by atoms with Crippen LogP contribution in [0.1, 0.15) is 65.1 Å². The Morgan fingerprint density at radius 1 is 1.00 bits per heavy atom. The Kier molecular flexibility index (Phi) is 8.36. The van der Waals surface area contributed by atoms with Gasteiger partial charge in [-0.3, -0.25) is 9.69 Å². The van der Waals surface area contributed by atoms with E-state index in [4.69, 9.17) is 9.15 Å². The zero-order valence-corrected chi connectivity index (χ0v) is 20.3. The summed E-state index contributed by atoms with van der Waals surface area (Å²) in [7, 11) is 1.65. The van der Waals surface area contributed by atoms with Crippen LogP contribution < -0.4 is 10.1 Å². The molecule has 1 aliphatic carbocycles. The number of alkyl halides is 3. The number of nitrogens with one attached hydrogen (secondary N) is 1. The fourth-order valence-electron chi connectivity index (χ4n) is 4.68. The molecule has 0 atom stereocenters. The first-order valence-electron chi connectivity index (χ1n) is 12.2. The molecule has 0 radical (unpaired) electrons. The van der Waals surface area contributed by atoms with Crippen LogP contribution in [-0.4, -0.2) is 24.0 Å². The first-order chi connectivity index (χ1) is 17.3. The zero-order valence-electron chi connectivity index (χ0n) is 20.3. The average molecular weight is 501 g/mol. The third kappa shape index (κ3) is 6.91. The fraction of sp³-hybridized carbons (Fsp3) is 0.393. The highest BCUT2D eigenvalue weighted by molar-refractivity contribution is 5.91. The summed E-state index contributed by atoms with van der Waals surface area (Å²) in [5.41, 5.74) is 0.769. The fourth-order valence-corrected chi connectivity index (χ4v) is 4.68. The molecule has 192 valence electrons. The lowest BCUT2D eigenvalue weighted by Crippen LogP contribution is -2.35. The lowest BCUT2D eigenvalue weighted by atomic mass is 9.93. The molecule has 2 aromatic carbocycles. The van der Waals surface area contributed by atoms with E-state index >= 15 is 0 Å². The van der Waals surface area contributed by atoms with Crippen LogP contribution in [0.15, 0.2) is 65.1 Å². The van der Waals surface area contributed by atoms with Gasteiger partial charge in [0.2, 0.25) is 0 Å². The van der Waals surface area contributed by atoms with E-state index in [1.165, 1.54) is 25.3 Å². The zero-order chi connectivity index (χ0) is 25.5. The van der Waals surface area contributed by atoms with E-state index < -0.39 is 17.6 Å². The second kappa shape index (κ2) is 11.6. The minimum atomic E-state index is -4.43. The standard InChI is InChI=1S/C28H31F3N2O3/c1-35-24-12-6-8-21(16-24)18-33(23-10-3-2-4-11-23)19-25-13-14-26(36-25)27(34)32-17-20-7-5-9-22(15-20)28(29,30)31/h5-9,12-16,23H,2-4,10-11,17-19H2,1H3,(H,32,34). The van der Waals surface area contributed by atoms with E-state index in [0.29, 0.717) is 23.9 Å². The second-order valence-electron chi connectivity index (χ2n) is 9.20. The predicted octanol–water partition coefficient (Wildman–Crippen LogP) is 6.57. The monoisotopic (exact) mass is 500 g/mol. The topological polar surface area (TPSA) is 54.7 Å². The van der Waals surface area contributed by atoms with Crippen LogP contribution in [0.2, 0.25) is 0 Å². The van der Waals surface area contributed by atoms with Crippen molar-refractivity contribution in [2.75, 3.05) is 7.11 Å². The molecule has 1 amide bonds. The average Bonchev–Trinajstić information content (AvgIpc) is 3.36. The molecule has 0 bridgehead atoms. The molecule has 0 aliphatic heterocycles. The number of carbonyl (C=O) groups excluding carboxylic acids is 1. The van der Waals surface area contributed by atoms with Gasteiger partial charge in [-0.2, -0.15) is 13.2 Å². The second-order valence-corrected chi connectivity index (χ2v) is 9.20. The highest BCUT2D eigenvalue weighted by Gasteiger charge is 2.30. The van der Waals surface area contributed by atoms with Gasteiger partial charge in [-0.1, -0.05) is 43.5 Å². The van der Waals surface area contributed by atoms with Crippen molar-refractivity contribution in [1.82, 2.24) is 10.2 Å². The Morgan fingerprint density at radius 3 is 2.50 bits per heavy atom. The Labute approximate surface area is 209 Å². The summed E-state index contributed by atoms with van der Waals surface area (Å²) < 4.78 is 50.0. The maximum absolute atomic E-state index is 12.9. The summed E-state index contributed by atoms with van der Waals surface area (Å²) in [6.45, 7) is 1.27. The van der Waals surface area contributed by atoms with Crippen molar-refractivity contribution in [2.45, 2.75) is 64.0 Å². The molecule has 8 heteroatoms. The highest BCUT2D eigenvalue weighted by atomic mass is 19.4. The van der Waals surface area contributed by atoms with E-state index in [9.17, 15) is 18.0 Å². The number of hydrogen-bond acceptors (Lipinski definition) is 4. The summed E-state index contributed by atoms with van der Waals surface area (Å²) in [6.07, 6.45) is 1.46. The number of hydrogen-bond donors (Lipinski definition) is 1. The first kappa shape index (κ1) is 25.8. The number of ether oxygens (including phenoxy) is 1. The third-order valence-corrected chi connectivity index (χ3v) is 6.56. The van der Waals surface area contributed by atoms with E-state index in [2.05, 4.69) is 16.3 Å². The van der Waals surface area contributed by atoms with Crippen molar-refractivity contribution in [1.29, 1.82) is 0 Å². The number of nitrogens with zero attached hydrogens (tertiary/aromatic N) is 1. The normalized spacial score (nSPS) is 14.7. The predicted molar refractivity (Wildman–Crippen MR) is 130 cm³/mol. The van der Waals surface area contributed by atoms with Crippen LogP contribution in [0.5, 0.6) is 5.75 Å². The molecule has 1 aromatic heterocycles. The lowest BCUT2D eigenvalue weighted by molar-refractivity contribution is -0.137. The van der Waals surface area contributed by atoms with Gasteiger partial charge in [0.1, 0.15) is 11.5 Å². The smallest absolute Gasteiger partial charge is 0.416 e. The number of rotatable bonds is 9. The molecule has 1 heterocycles. The van der Waals surface area contributed by atoms with Crippen LogP contribution in [0, 0.1) is 0 Å². The molecule has 3 aromatic rings. The number of halogens is 3. The number of benzene rings is 2. The van der Waals surface area contributed by atoms with E-state index in [-0.39, 0.29) is 12.3 Å². The van der Waals surface area contributed by atoms with Crippen molar-refractivity contribution in [2.24, 2.45) is 0 Å². The van der Waals surface area contributed by atoms with Crippen LogP contribution in [0.3, 0.4) is 0 Å². The van der Waals surface area contributed by atoms with Gasteiger partial charge < -0.3 is 14.5 Å². The molecule has 0 unspecified atom stereocenters. The molecule has 1 fully saturated rings. The van der Waals surface area contributed by atoms with E-state index in [0.717, 1.165) is 42.8 Å². The quantitative estimate of drug-likeness (QED) is 0.361. The molecular weight excluding hydrogens is 469 g/mol. The molecule has 36 heavy (non-hydrogen) atoms. The first-order valence-corrected chi connectivity index (χ1v) is 12.2. The van der Waals surface area contributed by atoms with Crippen molar-refractivity contribution >= 4 is 5.91 Å². The minimum absolute atomic E-state index is 0.0250. The van der Waals surface area contributed by atoms with Crippen LogP contribution in [0.4, 0.5) is 13.2 Å². The van der Waals surface area contributed by atoms with Crippen molar-refractivity contribution in [3.8, 4) is 5.75 Å². The lowest BCUT2D eigenvalue weighted by Gasteiger charge is -2.34. The van der Waals surface area contributed by atoms with Gasteiger partial charge in [0.25, 0.3) is 5.91 Å². The summed E-state index contributed by atoms with van der Waals surface area (Å²) >= 11 is 0. The van der Waals surface area contributed by atoms with Gasteiger partial charge in [0.15, 0.2) is 5.76 Å². The highest BCUT2D eigenvalue weighted by Crippen LogP contribution is 2.30. The maximum atomic E-state index is 12.9. The van der Waals surface area contributed by atoms with E-state index in [1.54, 1.807) is 25.3 Å². The summed E-state index contributed by atoms with van der Waals surface area (Å²) in [6, 6.07) is 16.8. The van der Waals surface area contributed by atoms with Crippen LogP contribution in [-0.2, 0) is 25.8 Å². The van der Waals surface area contributed by atoms with Gasteiger partial charge in [0.05, 0.1) is 19.2 Å². The Bertz CT molecular complexity index is 1150. The van der Waals surface area contributed by atoms with Crippen molar-refractivity contribution in [3.63, 3.8) is 0 Å². The Morgan fingerprint density at radius 2 is 1.75 bits per heavy atom. The largest absolute Gasteiger partial charge is 0.497 e. The Balaban J connectivity index is 1.41. The molecule has 5 nitrogen and oxygen atoms in total. The SMILES string of the molecule is COc1cccc(CN(Cc2ccc(C(=O)NCc3cccc(C(F)(F)F)c3)o2)C2CCCCC2)c1. The molecule has 1 N–H and O–H groups in total. The summed E-state index contributed by atoms with van der Waals surface area (Å²) in [5, 5.41) is 2.65. The van der Waals surface area contributed by atoms with Crippen molar-refractivity contribution in [3.05, 3.63) is 88.9 Å². The van der Waals surface area contributed by atoms with Gasteiger partial charge in [0, 0.05) is 19.1 Å².